The smallest absolute Gasteiger partial charge is 0.264 e. The fraction of sp³-hybridized carbons (Fsp3) is 0.107. The number of aromatic nitrogens is 3. The van der Waals surface area contributed by atoms with Gasteiger partial charge in [-0.1, -0.05) is 36.4 Å². The summed E-state index contributed by atoms with van der Waals surface area (Å²) in [6.07, 6.45) is 8.05. The Bertz CT molecular complexity index is 1880. The third-order valence-electron chi connectivity index (χ3n) is 6.52. The van der Waals surface area contributed by atoms with Gasteiger partial charge in [0.25, 0.3) is 21.9 Å². The molecule has 0 saturated heterocycles. The van der Waals surface area contributed by atoms with Gasteiger partial charge in [-0.3, -0.25) is 24.1 Å². The lowest BCUT2D eigenvalue weighted by Gasteiger charge is -2.05. The summed E-state index contributed by atoms with van der Waals surface area (Å²) < 4.78 is 31.6. The molecule has 0 aliphatic carbocycles. The van der Waals surface area contributed by atoms with Crippen LogP contribution in [0.2, 0.25) is 0 Å². The maximum Gasteiger partial charge on any atom is 0.264 e. The first kappa shape index (κ1) is 23.8. The number of carbonyl (C=O) groups is 2. The van der Waals surface area contributed by atoms with Crippen molar-refractivity contribution in [2.24, 2.45) is 0 Å². The lowest BCUT2D eigenvalue weighted by atomic mass is 9.95. The predicted octanol–water partition coefficient (Wildman–Crippen LogP) is 3.52. The van der Waals surface area contributed by atoms with Crippen molar-refractivity contribution in [3.05, 3.63) is 96.6 Å². The molecule has 0 spiro atoms. The zero-order chi connectivity index (χ0) is 26.4. The van der Waals surface area contributed by atoms with E-state index in [4.69, 9.17) is 4.18 Å². The van der Waals surface area contributed by atoms with Gasteiger partial charge in [0.2, 0.25) is 0 Å². The Morgan fingerprint density at radius 1 is 0.842 bits per heavy atom. The molecule has 9 nitrogen and oxygen atoms in total. The third-order valence-corrected chi connectivity index (χ3v) is 7.12. The van der Waals surface area contributed by atoms with Crippen LogP contribution in [-0.2, 0) is 30.4 Å². The highest BCUT2D eigenvalue weighted by Crippen LogP contribution is 2.39. The summed E-state index contributed by atoms with van der Waals surface area (Å²) in [6.45, 7) is 0.179. The lowest BCUT2D eigenvalue weighted by Crippen LogP contribution is -2.22. The molecule has 0 bridgehead atoms. The van der Waals surface area contributed by atoms with E-state index in [1.165, 1.54) is 0 Å². The van der Waals surface area contributed by atoms with Crippen molar-refractivity contribution in [2.45, 2.75) is 6.54 Å². The normalized spacial score (nSPS) is 14.1. The number of nitrogens with zero attached hydrogens (tertiary/aromatic N) is 3. The molecule has 4 heterocycles. The van der Waals surface area contributed by atoms with Gasteiger partial charge in [0.15, 0.2) is 0 Å². The van der Waals surface area contributed by atoms with Crippen LogP contribution in [0.1, 0.15) is 11.1 Å². The summed E-state index contributed by atoms with van der Waals surface area (Å²) in [4.78, 5) is 30.8. The van der Waals surface area contributed by atoms with E-state index in [9.17, 15) is 18.0 Å². The Hall–Kier alpha value is -4.54. The number of hydrogen-bond donors (Lipinski definition) is 1. The monoisotopic (exact) mass is 526 g/mol. The second-order valence-electron chi connectivity index (χ2n) is 8.95. The van der Waals surface area contributed by atoms with Crippen LogP contribution in [0.25, 0.3) is 38.6 Å². The molecule has 38 heavy (non-hydrogen) atoms. The van der Waals surface area contributed by atoms with Crippen LogP contribution < -0.4 is 5.32 Å². The maximum atomic E-state index is 13.3. The number of amides is 2. The quantitative estimate of drug-likeness (QED) is 0.257. The summed E-state index contributed by atoms with van der Waals surface area (Å²) in [5.74, 6) is -0.963. The minimum absolute atomic E-state index is 0.0629. The van der Waals surface area contributed by atoms with E-state index in [1.807, 2.05) is 76.0 Å². The highest BCUT2D eigenvalue weighted by Gasteiger charge is 2.35. The Kier molecular flexibility index (Phi) is 5.70. The number of imide groups is 1. The van der Waals surface area contributed by atoms with Gasteiger partial charge in [-0.05, 0) is 24.3 Å². The van der Waals surface area contributed by atoms with Gasteiger partial charge >= 0.3 is 0 Å². The number of fused-ring (bicyclic) bond motifs is 2. The maximum absolute atomic E-state index is 13.3. The first-order chi connectivity index (χ1) is 18.3. The van der Waals surface area contributed by atoms with Crippen LogP contribution in [0.3, 0.4) is 0 Å². The molecule has 190 valence electrons. The molecule has 0 atom stereocenters. The van der Waals surface area contributed by atoms with Crippen LogP contribution in [0, 0.1) is 0 Å². The van der Waals surface area contributed by atoms with Gasteiger partial charge in [-0.2, -0.15) is 8.42 Å². The molecular weight excluding hydrogens is 504 g/mol. The Balaban J connectivity index is 1.56. The number of benzene rings is 2. The zero-order valence-corrected chi connectivity index (χ0v) is 21.1. The molecule has 0 saturated carbocycles. The summed E-state index contributed by atoms with van der Waals surface area (Å²) in [5.41, 5.74) is 4.24. The summed E-state index contributed by atoms with van der Waals surface area (Å²) >= 11 is 0. The van der Waals surface area contributed by atoms with E-state index in [0.29, 0.717) is 11.1 Å². The number of rotatable bonds is 7. The van der Waals surface area contributed by atoms with Crippen LogP contribution >= 0.6 is 0 Å². The van der Waals surface area contributed by atoms with E-state index in [2.05, 4.69) is 10.3 Å². The molecule has 3 aromatic heterocycles. The first-order valence-corrected chi connectivity index (χ1v) is 13.7. The molecule has 6 rings (SSSR count). The second kappa shape index (κ2) is 9.09. The molecule has 1 aliphatic heterocycles. The minimum atomic E-state index is -3.60. The van der Waals surface area contributed by atoms with Crippen molar-refractivity contribution >= 4 is 54.9 Å². The summed E-state index contributed by atoms with van der Waals surface area (Å²) in [7, 11) is -3.60. The molecular formula is C28H22N4O5S. The Morgan fingerprint density at radius 2 is 1.47 bits per heavy atom. The van der Waals surface area contributed by atoms with E-state index in [-0.39, 0.29) is 24.3 Å². The topological polar surface area (TPSA) is 112 Å². The fourth-order valence-electron chi connectivity index (χ4n) is 4.98. The molecule has 2 aromatic carbocycles. The average molecular weight is 527 g/mol. The van der Waals surface area contributed by atoms with Crippen molar-refractivity contribution in [1.82, 2.24) is 19.4 Å². The number of para-hydroxylation sites is 2. The largest absolute Gasteiger partial charge is 0.344 e. The summed E-state index contributed by atoms with van der Waals surface area (Å²) in [6, 6.07) is 18.9. The highest BCUT2D eigenvalue weighted by atomic mass is 32.2. The number of hydrogen-bond acceptors (Lipinski definition) is 6. The molecule has 1 aliphatic rings. The van der Waals surface area contributed by atoms with E-state index >= 15 is 0 Å². The summed E-state index contributed by atoms with van der Waals surface area (Å²) in [5, 5.41) is 4.06. The van der Waals surface area contributed by atoms with E-state index in [1.54, 1.807) is 18.6 Å². The first-order valence-electron chi connectivity index (χ1n) is 11.9. The van der Waals surface area contributed by atoms with Crippen molar-refractivity contribution < 1.29 is 22.2 Å². The van der Waals surface area contributed by atoms with Crippen LogP contribution in [0.5, 0.6) is 0 Å². The molecule has 5 aromatic rings. The third kappa shape index (κ3) is 4.09. The van der Waals surface area contributed by atoms with Crippen molar-refractivity contribution in [3.63, 3.8) is 0 Å². The van der Waals surface area contributed by atoms with Crippen molar-refractivity contribution in [3.8, 4) is 5.69 Å². The lowest BCUT2D eigenvalue weighted by molar-refractivity contribution is -0.122. The standard InChI is InChI=1S/C28H22N4O5S/c1-38(35,36)37-14-13-31-16-21(19-8-2-4-10-23(19)31)25-26(28(34)30-27(25)33)22-17-32(18-7-6-12-29-15-18)24-11-5-3-9-20(22)24/h2-12,15-17H,13-14H2,1H3,(H,30,33,34). The second-order valence-corrected chi connectivity index (χ2v) is 10.6. The van der Waals surface area contributed by atoms with Gasteiger partial charge in [0.05, 0.1) is 41.4 Å². The van der Waals surface area contributed by atoms with Gasteiger partial charge in [-0.15, -0.1) is 0 Å². The minimum Gasteiger partial charge on any atom is -0.344 e. The number of nitrogens with one attached hydrogen (secondary N) is 1. The van der Waals surface area contributed by atoms with Gasteiger partial charge in [-0.25, -0.2) is 0 Å². The van der Waals surface area contributed by atoms with Gasteiger partial charge < -0.3 is 9.13 Å². The molecule has 1 N–H and O–H groups in total. The van der Waals surface area contributed by atoms with Crippen LogP contribution in [0.4, 0.5) is 0 Å². The SMILES string of the molecule is CS(=O)(=O)OCCn1cc(C2=C(c3cn(-c4cccnc4)c4ccccc34)C(=O)NC2=O)c2ccccc21. The zero-order valence-electron chi connectivity index (χ0n) is 20.3. The molecule has 10 heteroatoms. The molecule has 0 unspecified atom stereocenters. The average Bonchev–Trinajstić information content (AvgIpc) is 3.54. The molecule has 2 amide bonds. The number of carbonyl (C=O) groups excluding carboxylic acids is 2. The number of pyridine rings is 1. The Morgan fingerprint density at radius 3 is 2.13 bits per heavy atom. The van der Waals surface area contributed by atoms with Crippen molar-refractivity contribution in [1.29, 1.82) is 0 Å². The van der Waals surface area contributed by atoms with Crippen molar-refractivity contribution in [2.75, 3.05) is 12.9 Å². The van der Waals surface area contributed by atoms with Gasteiger partial charge in [0, 0.05) is 52.6 Å². The molecule has 0 fully saturated rings. The predicted molar refractivity (Wildman–Crippen MR) is 144 cm³/mol. The molecule has 0 radical (unpaired) electrons. The van der Waals surface area contributed by atoms with Gasteiger partial charge in [0.1, 0.15) is 0 Å². The van der Waals surface area contributed by atoms with Crippen LogP contribution in [-0.4, -0.2) is 47.2 Å². The Labute approximate surface area is 218 Å². The fourth-order valence-corrected chi connectivity index (χ4v) is 5.35. The van der Waals surface area contributed by atoms with E-state index in [0.717, 1.165) is 33.7 Å². The van der Waals surface area contributed by atoms with Crippen LogP contribution in [0.15, 0.2) is 85.5 Å². The highest BCUT2D eigenvalue weighted by molar-refractivity contribution is 7.85. The van der Waals surface area contributed by atoms with E-state index < -0.39 is 21.9 Å².